The van der Waals surface area contributed by atoms with Crippen LogP contribution in [0.15, 0.2) is 77.7 Å². The van der Waals surface area contributed by atoms with Crippen molar-refractivity contribution in [3.63, 3.8) is 0 Å². The molecule has 0 radical (unpaired) electrons. The summed E-state index contributed by atoms with van der Waals surface area (Å²) >= 11 is 5.48. The molecule has 166 valence electrons. The molecule has 0 spiro atoms. The van der Waals surface area contributed by atoms with Crippen molar-refractivity contribution in [2.75, 3.05) is 10.8 Å². The highest BCUT2D eigenvalue weighted by Gasteiger charge is 2.30. The molecular weight excluding hydrogens is 448 g/mol. The van der Waals surface area contributed by atoms with Gasteiger partial charge in [0.25, 0.3) is 15.9 Å². The average molecular weight is 472 g/mol. The normalized spacial score (nSPS) is 13.8. The third-order valence-corrected chi connectivity index (χ3v) is 7.71. The minimum absolute atomic E-state index is 0.0316. The molecule has 0 aliphatic carbocycles. The van der Waals surface area contributed by atoms with E-state index in [9.17, 15) is 17.2 Å². The Kier molecular flexibility index (Phi) is 6.14. The van der Waals surface area contributed by atoms with Crippen LogP contribution in [0.1, 0.15) is 29.2 Å². The van der Waals surface area contributed by atoms with E-state index in [1.54, 1.807) is 36.4 Å². The zero-order valence-corrected chi connectivity index (χ0v) is 19.2. The second kappa shape index (κ2) is 8.71. The van der Waals surface area contributed by atoms with Crippen molar-refractivity contribution in [3.8, 4) is 0 Å². The Hall–Kier alpha value is -2.64. The average Bonchev–Trinajstić information content (AvgIpc) is 3.19. The second-order valence-corrected chi connectivity index (χ2v) is 10.5. The molecule has 0 aromatic heterocycles. The summed E-state index contributed by atoms with van der Waals surface area (Å²) in [6, 6.07) is 20.5. The molecule has 1 aliphatic heterocycles. The summed E-state index contributed by atoms with van der Waals surface area (Å²) in [7, 11) is -3.64. The third kappa shape index (κ3) is 4.74. The zero-order chi connectivity index (χ0) is 22.9. The highest BCUT2D eigenvalue weighted by molar-refractivity contribution is 7.92. The van der Waals surface area contributed by atoms with Gasteiger partial charge in [-0.2, -0.15) is 0 Å². The van der Waals surface area contributed by atoms with E-state index in [1.807, 2.05) is 24.3 Å². The molecule has 7 heteroatoms. The van der Waals surface area contributed by atoms with Crippen LogP contribution in [-0.2, 0) is 35.2 Å². The van der Waals surface area contributed by atoms with Crippen molar-refractivity contribution < 1.29 is 17.2 Å². The summed E-state index contributed by atoms with van der Waals surface area (Å²) < 4.78 is 54.8. The Bertz CT molecular complexity index is 1250. The summed E-state index contributed by atoms with van der Waals surface area (Å²) in [5.74, 6) is -2.89. The predicted molar refractivity (Wildman–Crippen MR) is 127 cm³/mol. The molecule has 1 aliphatic rings. The Morgan fingerprint density at radius 2 is 1.66 bits per heavy atom. The van der Waals surface area contributed by atoms with Crippen LogP contribution in [0.5, 0.6) is 0 Å². The number of benzene rings is 3. The fourth-order valence-corrected chi connectivity index (χ4v) is 5.77. The number of fused-ring (bicyclic) bond motifs is 1. The van der Waals surface area contributed by atoms with Crippen LogP contribution in [0.25, 0.3) is 0 Å². The Balaban J connectivity index is 1.45. The van der Waals surface area contributed by atoms with Gasteiger partial charge >= 0.3 is 0 Å². The summed E-state index contributed by atoms with van der Waals surface area (Å²) in [5, 5.41) is 0. The maximum atomic E-state index is 13.6. The first-order chi connectivity index (χ1) is 15.1. The first-order valence-corrected chi connectivity index (χ1v) is 12.2. The van der Waals surface area contributed by atoms with Gasteiger partial charge in [-0.3, -0.25) is 4.31 Å². The molecule has 32 heavy (non-hydrogen) atoms. The van der Waals surface area contributed by atoms with Crippen molar-refractivity contribution in [1.82, 2.24) is 0 Å². The number of halogens is 2. The molecular formula is C25H23F2NO2S2. The predicted octanol–water partition coefficient (Wildman–Crippen LogP) is 5.70. The van der Waals surface area contributed by atoms with Crippen molar-refractivity contribution in [1.29, 1.82) is 0 Å². The van der Waals surface area contributed by atoms with E-state index in [2.05, 4.69) is 0 Å². The fraction of sp³-hybridized carbons (Fsp3) is 0.240. The lowest BCUT2D eigenvalue weighted by atomic mass is 10.0. The van der Waals surface area contributed by atoms with Crippen LogP contribution in [0.2, 0.25) is 0 Å². The van der Waals surface area contributed by atoms with E-state index < -0.39 is 15.9 Å². The first-order valence-electron chi connectivity index (χ1n) is 10.3. The van der Waals surface area contributed by atoms with Crippen LogP contribution in [0, 0.1) is 0 Å². The van der Waals surface area contributed by atoms with Crippen LogP contribution >= 0.6 is 12.2 Å². The van der Waals surface area contributed by atoms with E-state index in [0.717, 1.165) is 29.3 Å². The summed E-state index contributed by atoms with van der Waals surface area (Å²) in [6.45, 7) is 1.31. The van der Waals surface area contributed by atoms with Crippen LogP contribution in [-0.4, -0.2) is 19.8 Å². The van der Waals surface area contributed by atoms with Gasteiger partial charge in [0.2, 0.25) is 0 Å². The van der Waals surface area contributed by atoms with Crippen molar-refractivity contribution in [2.24, 2.45) is 0 Å². The van der Waals surface area contributed by atoms with Gasteiger partial charge < -0.3 is 0 Å². The molecule has 4 rings (SSSR count). The fourth-order valence-electron chi connectivity index (χ4n) is 3.94. The molecule has 0 saturated carbocycles. The molecule has 0 unspecified atom stereocenters. The number of para-hydroxylation sites is 1. The van der Waals surface area contributed by atoms with Crippen LogP contribution < -0.4 is 4.31 Å². The molecule has 1 heterocycles. The Labute approximate surface area is 192 Å². The van der Waals surface area contributed by atoms with Crippen molar-refractivity contribution in [3.05, 3.63) is 95.1 Å². The Morgan fingerprint density at radius 3 is 2.38 bits per heavy atom. The molecule has 0 atom stereocenters. The lowest BCUT2D eigenvalue weighted by Crippen LogP contribution is -2.29. The molecule has 3 aromatic carbocycles. The number of thiocarbonyl (C=S) groups is 1. The molecule has 3 nitrogen and oxygen atoms in total. The van der Waals surface area contributed by atoms with Gasteiger partial charge in [0.1, 0.15) is 0 Å². The number of hydrogen-bond acceptors (Lipinski definition) is 3. The lowest BCUT2D eigenvalue weighted by Gasteiger charge is -2.19. The highest BCUT2D eigenvalue weighted by atomic mass is 32.2. The first kappa shape index (κ1) is 22.6. The minimum atomic E-state index is -3.64. The SMILES string of the molecule is CC(F)(F)c1cccc(CC(=S)Cc2ccc(S(=O)(=O)N3CCc4ccccc43)cc2)c1. The number of sulfonamides is 1. The molecule has 0 bridgehead atoms. The molecule has 3 aromatic rings. The van der Waals surface area contributed by atoms with Gasteiger partial charge in [0, 0.05) is 36.7 Å². The summed E-state index contributed by atoms with van der Waals surface area (Å²) in [5.41, 5.74) is 3.35. The number of nitrogens with zero attached hydrogens (tertiary/aromatic N) is 1. The lowest BCUT2D eigenvalue weighted by molar-refractivity contribution is 0.0174. The molecule has 0 amide bonds. The van der Waals surface area contributed by atoms with Gasteiger partial charge in [0.05, 0.1) is 10.6 Å². The van der Waals surface area contributed by atoms with E-state index in [0.29, 0.717) is 30.7 Å². The number of anilines is 1. The number of rotatable bonds is 7. The maximum absolute atomic E-state index is 13.6. The van der Waals surface area contributed by atoms with Gasteiger partial charge in [-0.15, -0.1) is 0 Å². The molecule has 0 fully saturated rings. The quantitative estimate of drug-likeness (QED) is 0.415. The van der Waals surface area contributed by atoms with Crippen molar-refractivity contribution in [2.45, 2.75) is 37.0 Å². The monoisotopic (exact) mass is 471 g/mol. The smallest absolute Gasteiger partial charge is 0.266 e. The van der Waals surface area contributed by atoms with Gasteiger partial charge in [-0.05, 0) is 47.4 Å². The topological polar surface area (TPSA) is 37.4 Å². The van der Waals surface area contributed by atoms with Gasteiger partial charge in [-0.1, -0.05) is 60.7 Å². The van der Waals surface area contributed by atoms with E-state index in [4.69, 9.17) is 12.2 Å². The van der Waals surface area contributed by atoms with E-state index in [1.165, 1.54) is 16.4 Å². The highest BCUT2D eigenvalue weighted by Crippen LogP contribution is 2.32. The van der Waals surface area contributed by atoms with Crippen LogP contribution in [0.3, 0.4) is 0 Å². The zero-order valence-electron chi connectivity index (χ0n) is 17.6. The Morgan fingerprint density at radius 1 is 0.969 bits per heavy atom. The van der Waals surface area contributed by atoms with Gasteiger partial charge in [0.15, 0.2) is 0 Å². The minimum Gasteiger partial charge on any atom is -0.266 e. The van der Waals surface area contributed by atoms with Crippen molar-refractivity contribution >= 4 is 32.8 Å². The molecule has 0 saturated heterocycles. The second-order valence-electron chi connectivity index (χ2n) is 8.08. The number of hydrogen-bond donors (Lipinski definition) is 0. The summed E-state index contributed by atoms with van der Waals surface area (Å²) in [4.78, 5) is 0.937. The standard InChI is InChI=1S/C25H23F2NO2S2/c1-25(26,27)21-7-4-5-19(15-21)17-22(31)16-18-9-11-23(12-10-18)32(29,30)28-14-13-20-6-2-3-8-24(20)28/h2-12,15H,13-14,16-17H2,1H3. The third-order valence-electron chi connectivity index (χ3n) is 5.59. The van der Waals surface area contributed by atoms with Crippen LogP contribution in [0.4, 0.5) is 14.5 Å². The summed E-state index contributed by atoms with van der Waals surface area (Å²) in [6.07, 6.45) is 1.58. The van der Waals surface area contributed by atoms with E-state index >= 15 is 0 Å². The van der Waals surface area contributed by atoms with Gasteiger partial charge in [-0.25, -0.2) is 17.2 Å². The van der Waals surface area contributed by atoms with E-state index in [-0.39, 0.29) is 10.5 Å². The largest absolute Gasteiger partial charge is 0.270 e. The molecule has 0 N–H and O–H groups in total. The number of alkyl halides is 2. The maximum Gasteiger partial charge on any atom is 0.270 e.